The molecular weight excluding hydrogens is 220 g/mol. The molecule has 0 aromatic carbocycles. The minimum Gasteiger partial charge on any atom is -0.369 e. The van der Waals surface area contributed by atoms with Crippen LogP contribution in [0.15, 0.2) is 11.4 Å². The van der Waals surface area contributed by atoms with Crippen LogP contribution in [0.3, 0.4) is 0 Å². The minimum absolute atomic E-state index is 0.341. The van der Waals surface area contributed by atoms with Gasteiger partial charge in [-0.2, -0.15) is 4.98 Å². The van der Waals surface area contributed by atoms with Crippen molar-refractivity contribution >= 4 is 33.3 Å². The molecule has 16 heavy (non-hydrogen) atoms. The van der Waals surface area contributed by atoms with Gasteiger partial charge in [-0.15, -0.1) is 11.3 Å². The first kappa shape index (κ1) is 11.1. The van der Waals surface area contributed by atoms with Crippen molar-refractivity contribution in [1.29, 1.82) is 0 Å². The molecule has 0 spiro atoms. The first-order valence-electron chi connectivity index (χ1n) is 5.56. The van der Waals surface area contributed by atoms with E-state index in [-0.39, 0.29) is 0 Å². The molecule has 0 atom stereocenters. The van der Waals surface area contributed by atoms with Crippen LogP contribution in [0.2, 0.25) is 0 Å². The fraction of sp³-hybridized carbons (Fsp3) is 0.455. The van der Waals surface area contributed by atoms with Crippen LogP contribution >= 0.6 is 11.3 Å². The van der Waals surface area contributed by atoms with Crippen LogP contribution < -0.4 is 11.1 Å². The highest BCUT2D eigenvalue weighted by molar-refractivity contribution is 7.16. The standard InChI is InChI=1S/C11H16N4S/c1-2-3-4-6-13-9-8-5-7-16-10(8)15-11(12)14-9/h5,7H,2-4,6H2,1H3,(H3,12,13,14,15). The van der Waals surface area contributed by atoms with Crippen molar-refractivity contribution < 1.29 is 0 Å². The third-order valence-electron chi connectivity index (χ3n) is 2.42. The van der Waals surface area contributed by atoms with Gasteiger partial charge in [0.25, 0.3) is 0 Å². The van der Waals surface area contributed by atoms with E-state index < -0.39 is 0 Å². The molecule has 0 amide bonds. The predicted molar refractivity (Wildman–Crippen MR) is 69.8 cm³/mol. The van der Waals surface area contributed by atoms with Crippen molar-refractivity contribution in [2.75, 3.05) is 17.6 Å². The molecule has 0 bridgehead atoms. The summed E-state index contributed by atoms with van der Waals surface area (Å²) in [5.74, 6) is 1.20. The van der Waals surface area contributed by atoms with Crippen LogP contribution in [0, 0.1) is 0 Å². The number of nitrogens with one attached hydrogen (secondary N) is 1. The Kier molecular flexibility index (Phi) is 3.56. The molecule has 0 aliphatic carbocycles. The van der Waals surface area contributed by atoms with E-state index in [4.69, 9.17) is 5.73 Å². The maximum atomic E-state index is 5.66. The van der Waals surface area contributed by atoms with Gasteiger partial charge in [-0.25, -0.2) is 4.98 Å². The Labute approximate surface area is 98.9 Å². The summed E-state index contributed by atoms with van der Waals surface area (Å²) in [5, 5.41) is 6.40. The van der Waals surface area contributed by atoms with Gasteiger partial charge < -0.3 is 11.1 Å². The number of fused-ring (bicyclic) bond motifs is 1. The smallest absolute Gasteiger partial charge is 0.223 e. The van der Waals surface area contributed by atoms with E-state index >= 15 is 0 Å². The van der Waals surface area contributed by atoms with Gasteiger partial charge in [0.1, 0.15) is 10.6 Å². The van der Waals surface area contributed by atoms with Gasteiger partial charge >= 0.3 is 0 Å². The van der Waals surface area contributed by atoms with Gasteiger partial charge in [-0.1, -0.05) is 19.8 Å². The number of anilines is 2. The lowest BCUT2D eigenvalue weighted by molar-refractivity contribution is 0.743. The van der Waals surface area contributed by atoms with Crippen LogP contribution in [0.4, 0.5) is 11.8 Å². The molecule has 4 nitrogen and oxygen atoms in total. The van der Waals surface area contributed by atoms with Crippen molar-refractivity contribution in [3.8, 4) is 0 Å². The normalized spacial score (nSPS) is 10.8. The molecule has 0 saturated carbocycles. The topological polar surface area (TPSA) is 63.8 Å². The van der Waals surface area contributed by atoms with Crippen LogP contribution in [0.25, 0.3) is 10.2 Å². The average Bonchev–Trinajstić information content (AvgIpc) is 2.72. The Balaban J connectivity index is 2.12. The first-order chi connectivity index (χ1) is 7.81. The molecule has 86 valence electrons. The average molecular weight is 236 g/mol. The lowest BCUT2D eigenvalue weighted by Crippen LogP contribution is -2.05. The number of aromatic nitrogens is 2. The molecule has 2 aromatic rings. The quantitative estimate of drug-likeness (QED) is 0.783. The van der Waals surface area contributed by atoms with E-state index in [2.05, 4.69) is 22.2 Å². The Morgan fingerprint density at radius 1 is 1.38 bits per heavy atom. The Bertz CT molecular complexity index is 466. The number of thiophene rings is 1. The van der Waals surface area contributed by atoms with Crippen molar-refractivity contribution in [3.63, 3.8) is 0 Å². The molecule has 2 aromatic heterocycles. The van der Waals surface area contributed by atoms with Crippen LogP contribution in [0.5, 0.6) is 0 Å². The maximum Gasteiger partial charge on any atom is 0.223 e. The Morgan fingerprint density at radius 2 is 2.25 bits per heavy atom. The van der Waals surface area contributed by atoms with Gasteiger partial charge in [0, 0.05) is 6.54 Å². The minimum atomic E-state index is 0.341. The van der Waals surface area contributed by atoms with E-state index in [0.717, 1.165) is 29.0 Å². The zero-order valence-electron chi connectivity index (χ0n) is 9.36. The summed E-state index contributed by atoms with van der Waals surface area (Å²) in [6.07, 6.45) is 3.62. The molecule has 0 saturated heterocycles. The van der Waals surface area contributed by atoms with Gasteiger partial charge in [0.2, 0.25) is 5.95 Å². The second kappa shape index (κ2) is 5.12. The molecular formula is C11H16N4S. The zero-order chi connectivity index (χ0) is 11.4. The highest BCUT2D eigenvalue weighted by Gasteiger charge is 2.06. The van der Waals surface area contributed by atoms with E-state index in [1.54, 1.807) is 11.3 Å². The summed E-state index contributed by atoms with van der Waals surface area (Å²) in [5.41, 5.74) is 5.66. The summed E-state index contributed by atoms with van der Waals surface area (Å²) in [6, 6.07) is 2.03. The molecule has 3 N–H and O–H groups in total. The zero-order valence-corrected chi connectivity index (χ0v) is 10.2. The molecule has 0 radical (unpaired) electrons. The largest absolute Gasteiger partial charge is 0.369 e. The lowest BCUT2D eigenvalue weighted by atomic mass is 10.2. The third-order valence-corrected chi connectivity index (χ3v) is 3.22. The summed E-state index contributed by atoms with van der Waals surface area (Å²) >= 11 is 1.59. The van der Waals surface area contributed by atoms with Gasteiger partial charge in [-0.3, -0.25) is 0 Å². The number of rotatable bonds is 5. The van der Waals surface area contributed by atoms with E-state index in [9.17, 15) is 0 Å². The van der Waals surface area contributed by atoms with Crippen molar-refractivity contribution in [3.05, 3.63) is 11.4 Å². The van der Waals surface area contributed by atoms with Gasteiger partial charge in [-0.05, 0) is 17.9 Å². The SMILES string of the molecule is CCCCCNc1nc(N)nc2sccc12. The Morgan fingerprint density at radius 3 is 3.06 bits per heavy atom. The molecule has 2 rings (SSSR count). The number of nitrogen functional groups attached to an aromatic ring is 1. The van der Waals surface area contributed by atoms with Crippen molar-refractivity contribution in [2.45, 2.75) is 26.2 Å². The fourth-order valence-electron chi connectivity index (χ4n) is 1.59. The summed E-state index contributed by atoms with van der Waals surface area (Å²) in [4.78, 5) is 9.37. The number of hydrogen-bond donors (Lipinski definition) is 2. The maximum absolute atomic E-state index is 5.66. The first-order valence-corrected chi connectivity index (χ1v) is 6.44. The summed E-state index contributed by atoms with van der Waals surface area (Å²) < 4.78 is 0. The molecule has 5 heteroatoms. The Hall–Kier alpha value is -1.36. The predicted octanol–water partition coefficient (Wildman–Crippen LogP) is 2.88. The highest BCUT2D eigenvalue weighted by Crippen LogP contribution is 2.25. The summed E-state index contributed by atoms with van der Waals surface area (Å²) in [6.45, 7) is 3.13. The number of hydrogen-bond acceptors (Lipinski definition) is 5. The monoisotopic (exact) mass is 236 g/mol. The lowest BCUT2D eigenvalue weighted by Gasteiger charge is -2.06. The molecule has 0 aliphatic rings. The van der Waals surface area contributed by atoms with Crippen LogP contribution in [-0.4, -0.2) is 16.5 Å². The third kappa shape index (κ3) is 2.41. The summed E-state index contributed by atoms with van der Waals surface area (Å²) in [7, 11) is 0. The van der Waals surface area contributed by atoms with Crippen molar-refractivity contribution in [1.82, 2.24) is 9.97 Å². The molecule has 2 heterocycles. The highest BCUT2D eigenvalue weighted by atomic mass is 32.1. The second-order valence-electron chi connectivity index (χ2n) is 3.70. The van der Waals surface area contributed by atoms with E-state index in [1.807, 2.05) is 11.4 Å². The second-order valence-corrected chi connectivity index (χ2v) is 4.60. The molecule has 0 aliphatic heterocycles. The van der Waals surface area contributed by atoms with Crippen LogP contribution in [0.1, 0.15) is 26.2 Å². The van der Waals surface area contributed by atoms with Gasteiger partial charge in [0.05, 0.1) is 5.39 Å². The molecule has 0 unspecified atom stereocenters. The molecule has 0 fully saturated rings. The number of unbranched alkanes of at least 4 members (excludes halogenated alkanes) is 2. The fourth-order valence-corrected chi connectivity index (χ4v) is 2.36. The van der Waals surface area contributed by atoms with E-state index in [0.29, 0.717) is 5.95 Å². The van der Waals surface area contributed by atoms with Crippen molar-refractivity contribution in [2.24, 2.45) is 0 Å². The van der Waals surface area contributed by atoms with Crippen LogP contribution in [-0.2, 0) is 0 Å². The number of nitrogens with zero attached hydrogens (tertiary/aromatic N) is 2. The van der Waals surface area contributed by atoms with Gasteiger partial charge in [0.15, 0.2) is 0 Å². The number of nitrogens with two attached hydrogens (primary N) is 1. The van der Waals surface area contributed by atoms with E-state index in [1.165, 1.54) is 12.8 Å².